The number of nitrogens with one attached hydrogen (secondary N) is 1. The summed E-state index contributed by atoms with van der Waals surface area (Å²) in [7, 11) is -1.65. The molecule has 3 aromatic rings. The van der Waals surface area contributed by atoms with Crippen LogP contribution in [-0.2, 0) is 4.74 Å². The largest absolute Gasteiger partial charge is 0.460 e. The maximum atomic E-state index is 14.7. The smallest absolute Gasteiger partial charge is 0.376 e. The molecule has 0 aliphatic carbocycles. The predicted octanol–water partition coefficient (Wildman–Crippen LogP) is 5.09. The highest BCUT2D eigenvalue weighted by Gasteiger charge is 2.25. The number of fused-ring (bicyclic) bond motifs is 1. The Morgan fingerprint density at radius 1 is 1.33 bits per heavy atom. The fraction of sp³-hybridized carbons (Fsp3) is 0.263. The molecule has 143 valence electrons. The maximum absolute atomic E-state index is 14.7. The van der Waals surface area contributed by atoms with Crippen molar-refractivity contribution in [3.05, 3.63) is 47.2 Å². The summed E-state index contributed by atoms with van der Waals surface area (Å²) in [5.41, 5.74) is 0.811. The average molecular weight is 407 g/mol. The number of pyridine rings is 1. The Morgan fingerprint density at radius 2 is 2.07 bits per heavy atom. The maximum Gasteiger partial charge on any atom is 0.376 e. The Balaban J connectivity index is 2.11. The molecule has 1 N–H and O–H groups in total. The SMILES string of the molecule is CCOC(=O)c1oc2ccnc(Cl)c2c1Nc1ccc([Si-](C)(C)C)cc1F. The molecular weight excluding hydrogens is 387 g/mol. The highest BCUT2D eigenvalue weighted by Crippen LogP contribution is 2.37. The van der Waals surface area contributed by atoms with Crippen molar-refractivity contribution in [3.8, 4) is 0 Å². The second-order valence-corrected chi connectivity index (χ2v) is 12.5. The number of hydrogen-bond donors (Lipinski definition) is 1. The molecule has 27 heavy (non-hydrogen) atoms. The van der Waals surface area contributed by atoms with E-state index in [0.717, 1.165) is 5.19 Å². The van der Waals surface area contributed by atoms with Crippen LogP contribution >= 0.6 is 11.6 Å². The Kier molecular flexibility index (Phi) is 5.26. The van der Waals surface area contributed by atoms with Gasteiger partial charge in [0.05, 0.1) is 17.7 Å². The minimum absolute atomic E-state index is 0.0737. The van der Waals surface area contributed by atoms with Crippen LogP contribution in [0.25, 0.3) is 11.0 Å². The van der Waals surface area contributed by atoms with Crippen molar-refractivity contribution in [2.75, 3.05) is 11.9 Å². The molecular formula is C19H20ClFN2O3Si-. The first-order chi connectivity index (χ1) is 12.7. The van der Waals surface area contributed by atoms with Gasteiger partial charge in [-0.15, -0.1) is 8.07 Å². The molecule has 8 heteroatoms. The van der Waals surface area contributed by atoms with Crippen molar-refractivity contribution >= 4 is 53.2 Å². The lowest BCUT2D eigenvalue weighted by atomic mass is 10.2. The van der Waals surface area contributed by atoms with E-state index in [1.54, 1.807) is 19.1 Å². The highest BCUT2D eigenvalue weighted by molar-refractivity contribution is 6.88. The third-order valence-electron chi connectivity index (χ3n) is 4.11. The highest BCUT2D eigenvalue weighted by atomic mass is 35.5. The van der Waals surface area contributed by atoms with Gasteiger partial charge in [0.2, 0.25) is 5.76 Å². The standard InChI is InChI=1S/C19H20ClFN2O3Si/c1-5-25-19(24)17-16(15-14(26-17)8-9-22-18(15)20)23-13-7-6-11(10-12(13)21)27(2,3)4/h6-10,23H,5H2,1-4H3/q-1. The summed E-state index contributed by atoms with van der Waals surface area (Å²) in [5.74, 6) is -1.15. The number of rotatable bonds is 5. The topological polar surface area (TPSA) is 64.4 Å². The molecule has 0 aliphatic heterocycles. The van der Waals surface area contributed by atoms with Crippen LogP contribution in [0.3, 0.4) is 0 Å². The molecule has 0 saturated heterocycles. The molecule has 3 rings (SSSR count). The van der Waals surface area contributed by atoms with Crippen LogP contribution in [0.2, 0.25) is 24.8 Å². The zero-order valence-electron chi connectivity index (χ0n) is 15.5. The Labute approximate surface area is 162 Å². The molecule has 2 heterocycles. The van der Waals surface area contributed by atoms with E-state index in [2.05, 4.69) is 29.9 Å². The van der Waals surface area contributed by atoms with E-state index in [4.69, 9.17) is 20.8 Å². The van der Waals surface area contributed by atoms with E-state index in [9.17, 15) is 9.18 Å². The lowest BCUT2D eigenvalue weighted by molar-refractivity contribution is 0.0494. The normalized spacial score (nSPS) is 11.6. The van der Waals surface area contributed by atoms with Gasteiger partial charge in [-0.1, -0.05) is 23.7 Å². The van der Waals surface area contributed by atoms with Gasteiger partial charge in [-0.25, -0.2) is 14.2 Å². The first kappa shape index (κ1) is 19.4. The molecule has 0 radical (unpaired) electrons. The van der Waals surface area contributed by atoms with E-state index < -0.39 is 19.9 Å². The number of halogens is 2. The van der Waals surface area contributed by atoms with Crippen molar-refractivity contribution in [1.29, 1.82) is 0 Å². The summed E-state index contributed by atoms with van der Waals surface area (Å²) in [6.07, 6.45) is 1.47. The summed E-state index contributed by atoms with van der Waals surface area (Å²) in [4.78, 5) is 16.3. The van der Waals surface area contributed by atoms with Gasteiger partial charge >= 0.3 is 5.97 Å². The van der Waals surface area contributed by atoms with Crippen molar-refractivity contribution < 1.29 is 18.3 Å². The van der Waals surface area contributed by atoms with Gasteiger partial charge < -0.3 is 14.5 Å². The minimum Gasteiger partial charge on any atom is -0.460 e. The zero-order chi connectivity index (χ0) is 19.8. The molecule has 0 amide bonds. The fourth-order valence-corrected chi connectivity index (χ4v) is 4.07. The quantitative estimate of drug-likeness (QED) is 0.363. The first-order valence-electron chi connectivity index (χ1n) is 8.53. The number of furan rings is 1. The number of esters is 1. The number of anilines is 2. The minimum atomic E-state index is -1.65. The second kappa shape index (κ2) is 7.32. The molecule has 0 unspecified atom stereocenters. The molecule has 0 fully saturated rings. The van der Waals surface area contributed by atoms with Crippen LogP contribution < -0.4 is 10.5 Å². The first-order valence-corrected chi connectivity index (χ1v) is 12.4. The van der Waals surface area contributed by atoms with Gasteiger partial charge in [0.25, 0.3) is 0 Å². The molecule has 5 nitrogen and oxygen atoms in total. The lowest BCUT2D eigenvalue weighted by Gasteiger charge is -2.29. The third-order valence-corrected chi connectivity index (χ3v) is 6.44. The molecule has 0 aliphatic rings. The molecule has 2 aromatic heterocycles. The van der Waals surface area contributed by atoms with Crippen LogP contribution in [0, 0.1) is 5.82 Å². The number of carbonyl (C=O) groups excluding carboxylic acids is 1. The van der Waals surface area contributed by atoms with Crippen LogP contribution in [-0.4, -0.2) is 25.6 Å². The number of nitrogens with zero attached hydrogens (tertiary/aromatic N) is 1. The van der Waals surface area contributed by atoms with E-state index in [1.165, 1.54) is 12.3 Å². The number of hydrogen-bond acceptors (Lipinski definition) is 5. The van der Waals surface area contributed by atoms with Crippen molar-refractivity contribution in [2.24, 2.45) is 0 Å². The van der Waals surface area contributed by atoms with Gasteiger partial charge in [0, 0.05) is 6.20 Å². The molecule has 0 spiro atoms. The van der Waals surface area contributed by atoms with Crippen molar-refractivity contribution in [2.45, 2.75) is 26.6 Å². The van der Waals surface area contributed by atoms with Gasteiger partial charge in [-0.2, -0.15) is 24.8 Å². The van der Waals surface area contributed by atoms with Gasteiger partial charge in [0.15, 0.2) is 0 Å². The summed E-state index contributed by atoms with van der Waals surface area (Å²) in [6, 6.07) is 6.66. The number of aromatic nitrogens is 1. The summed E-state index contributed by atoms with van der Waals surface area (Å²) >= 11 is 6.20. The molecule has 1 aromatic carbocycles. The second-order valence-electron chi connectivity index (χ2n) is 7.07. The Hall–Kier alpha value is -2.38. The monoisotopic (exact) mass is 406 g/mol. The molecule has 0 saturated carbocycles. The number of benzene rings is 1. The number of carbonyl (C=O) groups is 1. The van der Waals surface area contributed by atoms with E-state index in [1.807, 2.05) is 6.07 Å². The summed E-state index contributed by atoms with van der Waals surface area (Å²) in [6.45, 7) is 8.30. The van der Waals surface area contributed by atoms with E-state index in [-0.39, 0.29) is 28.9 Å². The van der Waals surface area contributed by atoms with Gasteiger partial charge in [-0.3, -0.25) is 0 Å². The van der Waals surface area contributed by atoms with E-state index >= 15 is 0 Å². The van der Waals surface area contributed by atoms with Crippen molar-refractivity contribution in [1.82, 2.24) is 4.98 Å². The van der Waals surface area contributed by atoms with Gasteiger partial charge in [-0.05, 0) is 19.1 Å². The zero-order valence-corrected chi connectivity index (χ0v) is 17.3. The Bertz CT molecular complexity index is 1010. The van der Waals surface area contributed by atoms with Crippen molar-refractivity contribution in [3.63, 3.8) is 0 Å². The van der Waals surface area contributed by atoms with Crippen LogP contribution in [0.1, 0.15) is 17.5 Å². The lowest BCUT2D eigenvalue weighted by Crippen LogP contribution is -2.37. The summed E-state index contributed by atoms with van der Waals surface area (Å²) < 4.78 is 25.4. The van der Waals surface area contributed by atoms with Crippen LogP contribution in [0.15, 0.2) is 34.9 Å². The van der Waals surface area contributed by atoms with E-state index in [0.29, 0.717) is 11.0 Å². The van der Waals surface area contributed by atoms with Crippen LogP contribution in [0.4, 0.5) is 15.8 Å². The van der Waals surface area contributed by atoms with Gasteiger partial charge in [0.1, 0.15) is 22.2 Å². The summed E-state index contributed by atoms with van der Waals surface area (Å²) in [5, 5.41) is 4.48. The number of ether oxygens (including phenoxy) is 1. The predicted molar refractivity (Wildman–Crippen MR) is 108 cm³/mol. The third kappa shape index (κ3) is 3.84. The Morgan fingerprint density at radius 3 is 2.70 bits per heavy atom. The average Bonchev–Trinajstić information content (AvgIpc) is 2.96. The van der Waals surface area contributed by atoms with Crippen LogP contribution in [0.5, 0.6) is 0 Å². The molecule has 0 bridgehead atoms. The molecule has 0 atom stereocenters. The fourth-order valence-electron chi connectivity index (χ4n) is 2.68.